The van der Waals surface area contributed by atoms with Crippen molar-refractivity contribution in [3.63, 3.8) is 0 Å². The van der Waals surface area contributed by atoms with Crippen LogP contribution >= 0.6 is 0 Å². The lowest BCUT2D eigenvalue weighted by atomic mass is 10.1. The molecule has 9 heteroatoms. The Morgan fingerprint density at radius 1 is 1.03 bits per heavy atom. The summed E-state index contributed by atoms with van der Waals surface area (Å²) in [4.78, 5) is 35.7. The molecule has 0 aliphatic carbocycles. The van der Waals surface area contributed by atoms with Gasteiger partial charge in [0, 0.05) is 52.0 Å². The minimum absolute atomic E-state index is 0.252. The number of aryl methyl sites for hydroxylation is 4. The van der Waals surface area contributed by atoms with E-state index in [0.717, 1.165) is 37.7 Å². The van der Waals surface area contributed by atoms with Crippen LogP contribution in [0.15, 0.2) is 27.8 Å². The Balaban J connectivity index is 1.59. The van der Waals surface area contributed by atoms with Gasteiger partial charge in [-0.1, -0.05) is 17.7 Å². The van der Waals surface area contributed by atoms with E-state index in [4.69, 9.17) is 9.72 Å². The van der Waals surface area contributed by atoms with E-state index in [1.165, 1.54) is 20.3 Å². The first-order chi connectivity index (χ1) is 15.5. The lowest BCUT2D eigenvalue weighted by Crippen LogP contribution is -2.44. The van der Waals surface area contributed by atoms with Crippen LogP contribution in [0.4, 0.5) is 11.6 Å². The molecular weight excluding hydrogens is 408 g/mol. The molecule has 2 aliphatic rings. The molecule has 2 aromatic heterocycles. The zero-order chi connectivity index (χ0) is 22.4. The minimum Gasteiger partial charge on any atom is -0.379 e. The number of ether oxygens (including phenoxy) is 1. The van der Waals surface area contributed by atoms with Crippen molar-refractivity contribution in [3.05, 3.63) is 50.2 Å². The summed E-state index contributed by atoms with van der Waals surface area (Å²) < 4.78 is 10.3. The van der Waals surface area contributed by atoms with Crippen LogP contribution in [-0.4, -0.2) is 63.0 Å². The van der Waals surface area contributed by atoms with E-state index in [-0.39, 0.29) is 11.2 Å². The molecule has 0 spiro atoms. The molecule has 3 aromatic rings. The molecule has 0 radical (unpaired) electrons. The van der Waals surface area contributed by atoms with Crippen LogP contribution in [0, 0.1) is 13.8 Å². The molecule has 0 unspecified atom stereocenters. The van der Waals surface area contributed by atoms with E-state index in [9.17, 15) is 9.59 Å². The number of anilines is 2. The molecule has 0 N–H and O–H groups in total. The first kappa shape index (κ1) is 21.0. The maximum absolute atomic E-state index is 13.5. The van der Waals surface area contributed by atoms with Crippen molar-refractivity contribution < 1.29 is 4.74 Å². The van der Waals surface area contributed by atoms with E-state index >= 15 is 0 Å². The number of hydrogen-bond donors (Lipinski definition) is 0. The van der Waals surface area contributed by atoms with E-state index in [1.54, 1.807) is 7.05 Å². The van der Waals surface area contributed by atoms with Gasteiger partial charge in [-0.15, -0.1) is 0 Å². The molecule has 1 saturated heterocycles. The summed E-state index contributed by atoms with van der Waals surface area (Å²) in [7, 11) is 1.70. The van der Waals surface area contributed by atoms with Gasteiger partial charge in [-0.3, -0.25) is 18.8 Å². The first-order valence-corrected chi connectivity index (χ1v) is 11.3. The van der Waals surface area contributed by atoms with Gasteiger partial charge in [0.1, 0.15) is 0 Å². The lowest BCUT2D eigenvalue weighted by molar-refractivity contribution is 0.0361. The molecule has 0 bridgehead atoms. The van der Waals surface area contributed by atoms with Gasteiger partial charge < -0.3 is 14.2 Å². The monoisotopic (exact) mass is 438 g/mol. The fourth-order valence-corrected chi connectivity index (χ4v) is 4.86. The van der Waals surface area contributed by atoms with Gasteiger partial charge in [0.15, 0.2) is 11.2 Å². The number of hydrogen-bond acceptors (Lipinski definition) is 6. The fourth-order valence-electron chi connectivity index (χ4n) is 4.86. The van der Waals surface area contributed by atoms with Gasteiger partial charge in [-0.05, 0) is 31.9 Å². The van der Waals surface area contributed by atoms with Gasteiger partial charge in [0.25, 0.3) is 5.56 Å². The molecule has 0 amide bonds. The van der Waals surface area contributed by atoms with Crippen molar-refractivity contribution in [2.24, 2.45) is 7.05 Å². The highest BCUT2D eigenvalue weighted by Gasteiger charge is 2.27. The van der Waals surface area contributed by atoms with Crippen LogP contribution in [0.1, 0.15) is 17.5 Å². The third kappa shape index (κ3) is 3.45. The van der Waals surface area contributed by atoms with Crippen molar-refractivity contribution in [2.45, 2.75) is 33.4 Å². The Hall–Kier alpha value is -2.91. The molecule has 170 valence electrons. The van der Waals surface area contributed by atoms with Crippen LogP contribution in [0.5, 0.6) is 0 Å². The number of rotatable bonds is 4. The summed E-state index contributed by atoms with van der Waals surface area (Å²) in [5.74, 6) is 0.733. The molecule has 4 heterocycles. The average molecular weight is 439 g/mol. The Bertz CT molecular complexity index is 1280. The summed E-state index contributed by atoms with van der Waals surface area (Å²) in [6.45, 7) is 9.76. The molecular formula is C23H30N6O3. The predicted octanol–water partition coefficient (Wildman–Crippen LogP) is 1.39. The van der Waals surface area contributed by atoms with E-state index in [0.29, 0.717) is 44.0 Å². The number of morpholine rings is 1. The largest absolute Gasteiger partial charge is 0.379 e. The van der Waals surface area contributed by atoms with Crippen molar-refractivity contribution in [3.8, 4) is 0 Å². The van der Waals surface area contributed by atoms with Gasteiger partial charge in [0.2, 0.25) is 5.95 Å². The third-order valence-electron chi connectivity index (χ3n) is 6.60. The normalized spacial score (nSPS) is 17.2. The van der Waals surface area contributed by atoms with Crippen LogP contribution in [0.2, 0.25) is 0 Å². The van der Waals surface area contributed by atoms with Gasteiger partial charge in [-0.2, -0.15) is 4.98 Å². The Morgan fingerprint density at radius 2 is 1.81 bits per heavy atom. The van der Waals surface area contributed by atoms with Gasteiger partial charge >= 0.3 is 5.69 Å². The predicted molar refractivity (Wildman–Crippen MR) is 124 cm³/mol. The third-order valence-corrected chi connectivity index (χ3v) is 6.60. The molecule has 9 nitrogen and oxygen atoms in total. The summed E-state index contributed by atoms with van der Waals surface area (Å²) in [6.07, 6.45) is 0.905. The highest BCUT2D eigenvalue weighted by Crippen LogP contribution is 2.33. The minimum atomic E-state index is -0.315. The second-order valence-corrected chi connectivity index (χ2v) is 8.78. The van der Waals surface area contributed by atoms with Crippen LogP contribution in [0.3, 0.4) is 0 Å². The van der Waals surface area contributed by atoms with Gasteiger partial charge in [0.05, 0.1) is 13.2 Å². The number of imidazole rings is 1. The number of aromatic nitrogens is 4. The molecule has 2 aliphatic heterocycles. The molecule has 0 saturated carbocycles. The summed E-state index contributed by atoms with van der Waals surface area (Å²) in [6, 6.07) is 6.36. The number of benzene rings is 1. The van der Waals surface area contributed by atoms with Crippen LogP contribution in [0.25, 0.3) is 11.2 Å². The molecule has 32 heavy (non-hydrogen) atoms. The SMILES string of the molecule is Cc1ccc(N2CCCn3c2nc2c3c(=O)n(CCN3CCOCC3)c(=O)n2C)c(C)c1. The summed E-state index contributed by atoms with van der Waals surface area (Å²) in [5, 5.41) is 0. The van der Waals surface area contributed by atoms with Crippen LogP contribution < -0.4 is 16.1 Å². The summed E-state index contributed by atoms with van der Waals surface area (Å²) in [5.41, 5.74) is 3.86. The standard InChI is InChI=1S/C23H30N6O3/c1-16-5-6-18(17(2)15-16)27-7-4-8-28-19-20(24-22(27)28)25(3)23(31)29(21(19)30)10-9-26-11-13-32-14-12-26/h5-6,15H,4,7-14H2,1-3H3. The second kappa shape index (κ2) is 8.22. The van der Waals surface area contributed by atoms with Crippen molar-refractivity contribution in [1.82, 2.24) is 23.6 Å². The first-order valence-electron chi connectivity index (χ1n) is 11.3. The maximum atomic E-state index is 13.5. The zero-order valence-electron chi connectivity index (χ0n) is 19.0. The molecule has 5 rings (SSSR count). The van der Waals surface area contributed by atoms with E-state index < -0.39 is 0 Å². The highest BCUT2D eigenvalue weighted by atomic mass is 16.5. The van der Waals surface area contributed by atoms with Crippen LogP contribution in [-0.2, 0) is 24.9 Å². The Kier molecular flexibility index (Phi) is 5.38. The average Bonchev–Trinajstić information content (AvgIpc) is 3.19. The van der Waals surface area contributed by atoms with Crippen molar-refractivity contribution in [2.75, 3.05) is 44.3 Å². The Morgan fingerprint density at radius 3 is 2.56 bits per heavy atom. The summed E-state index contributed by atoms with van der Waals surface area (Å²) >= 11 is 0. The second-order valence-electron chi connectivity index (χ2n) is 8.78. The lowest BCUT2D eigenvalue weighted by Gasteiger charge is -2.30. The fraction of sp³-hybridized carbons (Fsp3) is 0.522. The number of fused-ring (bicyclic) bond motifs is 3. The topological polar surface area (TPSA) is 77.5 Å². The molecule has 0 atom stereocenters. The zero-order valence-corrected chi connectivity index (χ0v) is 19.0. The van der Waals surface area contributed by atoms with Gasteiger partial charge in [-0.25, -0.2) is 4.79 Å². The van der Waals surface area contributed by atoms with Crippen molar-refractivity contribution in [1.29, 1.82) is 0 Å². The quantitative estimate of drug-likeness (QED) is 0.613. The van der Waals surface area contributed by atoms with E-state index in [1.807, 2.05) is 4.57 Å². The molecule has 1 fully saturated rings. The van der Waals surface area contributed by atoms with Crippen molar-refractivity contribution >= 4 is 22.8 Å². The molecule has 1 aromatic carbocycles. The smallest absolute Gasteiger partial charge is 0.332 e. The highest BCUT2D eigenvalue weighted by molar-refractivity contribution is 5.77. The van der Waals surface area contributed by atoms with E-state index in [2.05, 4.69) is 41.8 Å². The maximum Gasteiger partial charge on any atom is 0.332 e. The number of nitrogens with zero attached hydrogens (tertiary/aromatic N) is 6. The Labute approximate surface area is 186 Å².